The molecule has 2 fully saturated rings. The summed E-state index contributed by atoms with van der Waals surface area (Å²) in [6.45, 7) is 3.90. The minimum absolute atomic E-state index is 0.0262. The van der Waals surface area contributed by atoms with Gasteiger partial charge in [0.1, 0.15) is 0 Å². The molecule has 29 heavy (non-hydrogen) atoms. The van der Waals surface area contributed by atoms with E-state index >= 15 is 0 Å². The van der Waals surface area contributed by atoms with Crippen molar-refractivity contribution in [1.82, 2.24) is 19.7 Å². The quantitative estimate of drug-likeness (QED) is 0.800. The molecule has 2 aliphatic heterocycles. The Labute approximate surface area is 172 Å². The molecule has 6 heteroatoms. The maximum Gasteiger partial charge on any atom is 0.255 e. The molecule has 3 heterocycles. The smallest absolute Gasteiger partial charge is 0.255 e. The van der Waals surface area contributed by atoms with Crippen LogP contribution in [0.15, 0.2) is 36.5 Å². The molecule has 2 aliphatic rings. The molecular weight excluding hydrogens is 364 g/mol. The van der Waals surface area contributed by atoms with Crippen LogP contribution >= 0.6 is 0 Å². The maximum atomic E-state index is 13.2. The Kier molecular flexibility index (Phi) is 5.54. The number of carbonyl (C=O) groups excluding carboxylic acids is 2. The van der Waals surface area contributed by atoms with E-state index in [1.54, 1.807) is 6.20 Å². The SMILES string of the molecule is CN(C)CCN1CC2(CCCN(C(=O)c3cnc4ccccc4c3)C2)CCC1=O. The minimum Gasteiger partial charge on any atom is -0.341 e. The summed E-state index contributed by atoms with van der Waals surface area (Å²) in [5, 5.41) is 0.989. The Morgan fingerprint density at radius 2 is 2.03 bits per heavy atom. The molecule has 0 radical (unpaired) electrons. The van der Waals surface area contributed by atoms with Gasteiger partial charge < -0.3 is 14.7 Å². The number of hydrogen-bond acceptors (Lipinski definition) is 4. The van der Waals surface area contributed by atoms with Crippen LogP contribution in [0.25, 0.3) is 10.9 Å². The van der Waals surface area contributed by atoms with Crippen LogP contribution in [0.4, 0.5) is 0 Å². The molecule has 1 spiro atoms. The number of carbonyl (C=O) groups is 2. The fraction of sp³-hybridized carbons (Fsp3) is 0.522. The number of likely N-dealkylation sites (tertiary alicyclic amines) is 2. The zero-order chi connectivity index (χ0) is 20.4. The number of likely N-dealkylation sites (N-methyl/N-ethyl adjacent to an activating group) is 1. The number of piperidine rings is 2. The van der Waals surface area contributed by atoms with E-state index in [4.69, 9.17) is 0 Å². The van der Waals surface area contributed by atoms with Crippen molar-refractivity contribution < 1.29 is 9.59 Å². The average Bonchev–Trinajstić information content (AvgIpc) is 2.74. The Balaban J connectivity index is 1.49. The molecule has 0 saturated carbocycles. The number of amides is 2. The van der Waals surface area contributed by atoms with E-state index in [1.807, 2.05) is 54.2 Å². The van der Waals surface area contributed by atoms with Crippen molar-refractivity contribution in [1.29, 1.82) is 0 Å². The first kappa shape index (κ1) is 19.8. The molecule has 1 aromatic carbocycles. The number of nitrogens with zero attached hydrogens (tertiary/aromatic N) is 4. The first-order valence-electron chi connectivity index (χ1n) is 10.5. The van der Waals surface area contributed by atoms with E-state index in [0.717, 1.165) is 62.9 Å². The topological polar surface area (TPSA) is 56.8 Å². The normalized spacial score (nSPS) is 22.7. The highest BCUT2D eigenvalue weighted by Gasteiger charge is 2.42. The van der Waals surface area contributed by atoms with Gasteiger partial charge in [-0.2, -0.15) is 0 Å². The molecule has 0 aliphatic carbocycles. The van der Waals surface area contributed by atoms with Crippen LogP contribution in [0.2, 0.25) is 0 Å². The molecule has 154 valence electrons. The van der Waals surface area contributed by atoms with Crippen LogP contribution < -0.4 is 0 Å². The summed E-state index contributed by atoms with van der Waals surface area (Å²) in [6.07, 6.45) is 5.23. The van der Waals surface area contributed by atoms with E-state index in [2.05, 4.69) is 9.88 Å². The van der Waals surface area contributed by atoms with Gasteiger partial charge in [0.15, 0.2) is 0 Å². The fourth-order valence-electron chi connectivity index (χ4n) is 4.71. The summed E-state index contributed by atoms with van der Waals surface area (Å²) in [7, 11) is 4.06. The van der Waals surface area contributed by atoms with Gasteiger partial charge in [-0.1, -0.05) is 18.2 Å². The first-order chi connectivity index (χ1) is 14.0. The summed E-state index contributed by atoms with van der Waals surface area (Å²) < 4.78 is 0. The number of para-hydroxylation sites is 1. The summed E-state index contributed by atoms with van der Waals surface area (Å²) in [6, 6.07) is 9.82. The molecule has 0 bridgehead atoms. The maximum absolute atomic E-state index is 13.2. The lowest BCUT2D eigenvalue weighted by atomic mass is 9.73. The number of rotatable bonds is 4. The summed E-state index contributed by atoms with van der Waals surface area (Å²) >= 11 is 0. The first-order valence-corrected chi connectivity index (χ1v) is 10.5. The number of pyridine rings is 1. The van der Waals surface area contributed by atoms with E-state index in [9.17, 15) is 9.59 Å². The minimum atomic E-state index is 0.0262. The van der Waals surface area contributed by atoms with Crippen molar-refractivity contribution in [3.8, 4) is 0 Å². The van der Waals surface area contributed by atoms with E-state index < -0.39 is 0 Å². The molecule has 1 unspecified atom stereocenters. The Bertz CT molecular complexity index is 913. The van der Waals surface area contributed by atoms with Crippen LogP contribution in [-0.4, -0.2) is 78.3 Å². The molecule has 4 rings (SSSR count). The van der Waals surface area contributed by atoms with Gasteiger partial charge in [-0.15, -0.1) is 0 Å². The number of aromatic nitrogens is 1. The van der Waals surface area contributed by atoms with Gasteiger partial charge in [-0.05, 0) is 45.5 Å². The van der Waals surface area contributed by atoms with E-state index in [-0.39, 0.29) is 17.2 Å². The Morgan fingerprint density at radius 1 is 1.21 bits per heavy atom. The summed E-state index contributed by atoms with van der Waals surface area (Å²) in [5.74, 6) is 0.304. The third-order valence-electron chi connectivity index (χ3n) is 6.35. The molecule has 6 nitrogen and oxygen atoms in total. The van der Waals surface area contributed by atoms with Crippen molar-refractivity contribution in [3.05, 3.63) is 42.1 Å². The highest BCUT2D eigenvalue weighted by molar-refractivity contribution is 5.97. The largest absolute Gasteiger partial charge is 0.341 e. The molecule has 1 aromatic heterocycles. The molecule has 2 saturated heterocycles. The number of hydrogen-bond donors (Lipinski definition) is 0. The average molecular weight is 395 g/mol. The lowest BCUT2D eigenvalue weighted by molar-refractivity contribution is -0.139. The highest BCUT2D eigenvalue weighted by atomic mass is 16.2. The zero-order valence-corrected chi connectivity index (χ0v) is 17.4. The Hall–Kier alpha value is -2.47. The second kappa shape index (κ2) is 8.11. The van der Waals surface area contributed by atoms with Crippen LogP contribution in [0.5, 0.6) is 0 Å². The standard InChI is InChI=1S/C23H30N4O2/c1-25(2)12-13-26-16-23(10-8-21(26)28)9-5-11-27(17-23)22(29)19-14-18-6-3-4-7-20(18)24-15-19/h3-4,6-7,14-15H,5,8-13,16-17H2,1-2H3. The van der Waals surface area contributed by atoms with Gasteiger partial charge in [0.05, 0.1) is 11.1 Å². The van der Waals surface area contributed by atoms with Gasteiger partial charge in [0.2, 0.25) is 5.91 Å². The third kappa shape index (κ3) is 4.27. The predicted octanol–water partition coefficient (Wildman–Crippen LogP) is 2.64. The predicted molar refractivity (Wildman–Crippen MR) is 114 cm³/mol. The third-order valence-corrected chi connectivity index (χ3v) is 6.35. The van der Waals surface area contributed by atoms with Crippen molar-refractivity contribution in [2.24, 2.45) is 5.41 Å². The van der Waals surface area contributed by atoms with Crippen molar-refractivity contribution in [3.63, 3.8) is 0 Å². The van der Waals surface area contributed by atoms with Crippen LogP contribution in [-0.2, 0) is 4.79 Å². The second-order valence-electron chi connectivity index (χ2n) is 8.87. The highest BCUT2D eigenvalue weighted by Crippen LogP contribution is 2.39. The lowest BCUT2D eigenvalue weighted by Gasteiger charge is -2.48. The van der Waals surface area contributed by atoms with E-state index in [1.165, 1.54) is 0 Å². The van der Waals surface area contributed by atoms with Gasteiger partial charge in [-0.3, -0.25) is 14.6 Å². The second-order valence-corrected chi connectivity index (χ2v) is 8.87. The van der Waals surface area contributed by atoms with Crippen molar-refractivity contribution in [2.45, 2.75) is 25.7 Å². The monoisotopic (exact) mass is 394 g/mol. The zero-order valence-electron chi connectivity index (χ0n) is 17.4. The molecular formula is C23H30N4O2. The van der Waals surface area contributed by atoms with Gasteiger partial charge in [0, 0.05) is 56.1 Å². The van der Waals surface area contributed by atoms with Crippen molar-refractivity contribution >= 4 is 22.7 Å². The lowest BCUT2D eigenvalue weighted by Crippen LogP contribution is -2.55. The Morgan fingerprint density at radius 3 is 2.86 bits per heavy atom. The van der Waals surface area contributed by atoms with Crippen LogP contribution in [0.1, 0.15) is 36.0 Å². The fourth-order valence-corrected chi connectivity index (χ4v) is 4.71. The van der Waals surface area contributed by atoms with Crippen molar-refractivity contribution in [2.75, 3.05) is 46.8 Å². The van der Waals surface area contributed by atoms with Gasteiger partial charge in [0.25, 0.3) is 5.91 Å². The van der Waals surface area contributed by atoms with E-state index in [0.29, 0.717) is 12.0 Å². The van der Waals surface area contributed by atoms with Crippen LogP contribution in [0.3, 0.4) is 0 Å². The molecule has 2 aromatic rings. The number of fused-ring (bicyclic) bond motifs is 1. The van der Waals surface area contributed by atoms with Gasteiger partial charge in [-0.25, -0.2) is 0 Å². The molecule has 2 amide bonds. The van der Waals surface area contributed by atoms with Gasteiger partial charge >= 0.3 is 0 Å². The summed E-state index contributed by atoms with van der Waals surface area (Å²) in [5.41, 5.74) is 1.58. The molecule has 0 N–H and O–H groups in total. The van der Waals surface area contributed by atoms with Crippen LogP contribution in [0, 0.1) is 5.41 Å². The molecule has 1 atom stereocenters. The number of benzene rings is 1. The summed E-state index contributed by atoms with van der Waals surface area (Å²) in [4.78, 5) is 36.2.